The van der Waals surface area contributed by atoms with Crippen LogP contribution in [0.4, 0.5) is 0 Å². The van der Waals surface area contributed by atoms with Crippen LogP contribution in [0.15, 0.2) is 99.5 Å². The van der Waals surface area contributed by atoms with E-state index in [-0.39, 0.29) is 5.70 Å². The van der Waals surface area contributed by atoms with Gasteiger partial charge in [0.25, 0.3) is 0 Å². The molecule has 6 heteroatoms. The Morgan fingerprint density at radius 1 is 0.969 bits per heavy atom. The number of carbonyl (C=O) groups excluding carboxylic acids is 1. The molecule has 0 atom stereocenters. The van der Waals surface area contributed by atoms with Gasteiger partial charge in [0.15, 0.2) is 5.70 Å². The maximum absolute atomic E-state index is 12.6. The lowest BCUT2D eigenvalue weighted by Gasteiger charge is -2.08. The molecule has 2 heterocycles. The lowest BCUT2D eigenvalue weighted by atomic mass is 10.1. The third-order valence-corrected chi connectivity index (χ3v) is 6.20. The lowest BCUT2D eigenvalue weighted by molar-refractivity contribution is -0.129. The van der Waals surface area contributed by atoms with Crippen molar-refractivity contribution < 1.29 is 9.53 Å². The van der Waals surface area contributed by atoms with Gasteiger partial charge in [-0.2, -0.15) is 0 Å². The standard InChI is InChI=1S/C26H17ClN2O2S/c1-16-5-4-7-18(13-16)24-28-23(26(30)31-24)15-19-14-17-6-2-3-8-22(17)29-25(19)32-21-11-9-20(27)10-12-21/h2-15H,1H3. The normalized spacial score (nSPS) is 14.6. The summed E-state index contributed by atoms with van der Waals surface area (Å²) >= 11 is 7.53. The molecule has 5 rings (SSSR count). The minimum Gasteiger partial charge on any atom is -0.402 e. The van der Waals surface area contributed by atoms with E-state index in [1.165, 1.54) is 11.8 Å². The van der Waals surface area contributed by atoms with Crippen molar-refractivity contribution >= 4 is 52.2 Å². The highest BCUT2D eigenvalue weighted by molar-refractivity contribution is 7.99. The predicted octanol–water partition coefficient (Wildman–Crippen LogP) is 6.69. The summed E-state index contributed by atoms with van der Waals surface area (Å²) in [5.74, 6) is -0.164. The summed E-state index contributed by atoms with van der Waals surface area (Å²) in [5.41, 5.74) is 3.76. The van der Waals surface area contributed by atoms with Crippen LogP contribution in [0.3, 0.4) is 0 Å². The summed E-state index contributed by atoms with van der Waals surface area (Å²) in [4.78, 5) is 22.9. The number of hydrogen-bond acceptors (Lipinski definition) is 5. The van der Waals surface area contributed by atoms with Crippen molar-refractivity contribution in [3.63, 3.8) is 0 Å². The van der Waals surface area contributed by atoms with Gasteiger partial charge in [-0.25, -0.2) is 14.8 Å². The molecule has 0 saturated heterocycles. The second kappa shape index (κ2) is 8.61. The summed E-state index contributed by atoms with van der Waals surface area (Å²) < 4.78 is 5.45. The number of benzene rings is 3. The van der Waals surface area contributed by atoms with Crippen molar-refractivity contribution in [1.29, 1.82) is 0 Å². The first-order valence-electron chi connectivity index (χ1n) is 9.98. The smallest absolute Gasteiger partial charge is 0.363 e. The topological polar surface area (TPSA) is 51.5 Å². The molecule has 0 fully saturated rings. The Morgan fingerprint density at radius 2 is 1.78 bits per heavy atom. The predicted molar refractivity (Wildman–Crippen MR) is 129 cm³/mol. The minimum absolute atomic E-state index is 0.247. The molecule has 0 aliphatic carbocycles. The van der Waals surface area contributed by atoms with Gasteiger partial charge in [-0.05, 0) is 61.5 Å². The zero-order valence-electron chi connectivity index (χ0n) is 17.1. The lowest BCUT2D eigenvalue weighted by Crippen LogP contribution is -2.05. The molecule has 4 nitrogen and oxygen atoms in total. The summed E-state index contributed by atoms with van der Waals surface area (Å²) in [7, 11) is 0. The fourth-order valence-electron chi connectivity index (χ4n) is 3.37. The minimum atomic E-state index is -0.475. The molecule has 1 aromatic heterocycles. The van der Waals surface area contributed by atoms with Gasteiger partial charge in [0.1, 0.15) is 5.03 Å². The maximum Gasteiger partial charge on any atom is 0.363 e. The number of pyridine rings is 1. The Bertz CT molecular complexity index is 1410. The highest BCUT2D eigenvalue weighted by atomic mass is 35.5. The molecule has 0 amide bonds. The van der Waals surface area contributed by atoms with Crippen molar-refractivity contribution in [1.82, 2.24) is 4.98 Å². The van der Waals surface area contributed by atoms with Crippen LogP contribution < -0.4 is 0 Å². The first-order valence-corrected chi connectivity index (χ1v) is 11.2. The van der Waals surface area contributed by atoms with Crippen LogP contribution in [0.25, 0.3) is 17.0 Å². The molecule has 4 aromatic rings. The molecule has 0 saturated carbocycles. The quantitative estimate of drug-likeness (QED) is 0.253. The number of fused-ring (bicyclic) bond motifs is 1. The Balaban J connectivity index is 1.58. The Hall–Kier alpha value is -3.41. The van der Waals surface area contributed by atoms with Gasteiger partial charge >= 0.3 is 5.97 Å². The molecular formula is C26H17ClN2O2S. The van der Waals surface area contributed by atoms with Gasteiger partial charge in [-0.15, -0.1) is 0 Å². The number of rotatable bonds is 4. The van der Waals surface area contributed by atoms with Crippen molar-refractivity contribution in [3.05, 3.63) is 106 Å². The summed E-state index contributed by atoms with van der Waals surface area (Å²) in [5, 5.41) is 2.43. The zero-order valence-corrected chi connectivity index (χ0v) is 18.7. The van der Waals surface area contributed by atoms with Crippen molar-refractivity contribution in [3.8, 4) is 0 Å². The Labute approximate surface area is 194 Å². The van der Waals surface area contributed by atoms with E-state index in [4.69, 9.17) is 21.3 Å². The van der Waals surface area contributed by atoms with Crippen LogP contribution in [0.2, 0.25) is 5.02 Å². The SMILES string of the molecule is Cc1cccc(C2=NC(=Cc3cc4ccccc4nc3Sc3ccc(Cl)cc3)C(=O)O2)c1. The van der Waals surface area contributed by atoms with Gasteiger partial charge < -0.3 is 4.74 Å². The number of nitrogens with zero attached hydrogens (tertiary/aromatic N) is 2. The molecule has 156 valence electrons. The number of para-hydroxylation sites is 1. The number of aryl methyl sites for hydroxylation is 1. The second-order valence-electron chi connectivity index (χ2n) is 7.34. The zero-order chi connectivity index (χ0) is 22.1. The van der Waals surface area contributed by atoms with E-state index in [2.05, 4.69) is 4.99 Å². The fourth-order valence-corrected chi connectivity index (χ4v) is 4.37. The number of cyclic esters (lactones) is 1. The van der Waals surface area contributed by atoms with Crippen molar-refractivity contribution in [2.45, 2.75) is 16.8 Å². The molecule has 1 aliphatic heterocycles. The van der Waals surface area contributed by atoms with Gasteiger partial charge in [0.2, 0.25) is 5.90 Å². The molecule has 1 aliphatic rings. The molecule has 3 aromatic carbocycles. The van der Waals surface area contributed by atoms with Gasteiger partial charge in [-0.3, -0.25) is 0 Å². The Morgan fingerprint density at radius 3 is 2.59 bits per heavy atom. The average Bonchev–Trinajstić information content (AvgIpc) is 3.16. The van der Waals surface area contributed by atoms with E-state index in [1.54, 1.807) is 6.08 Å². The first-order chi connectivity index (χ1) is 15.5. The Kier molecular flexibility index (Phi) is 5.52. The molecule has 0 unspecified atom stereocenters. The summed E-state index contributed by atoms with van der Waals surface area (Å²) in [6.45, 7) is 1.98. The van der Waals surface area contributed by atoms with E-state index in [1.807, 2.05) is 85.8 Å². The highest BCUT2D eigenvalue weighted by Gasteiger charge is 2.25. The second-order valence-corrected chi connectivity index (χ2v) is 8.84. The number of ether oxygens (including phenoxy) is 1. The third-order valence-electron chi connectivity index (χ3n) is 4.92. The maximum atomic E-state index is 12.6. The largest absolute Gasteiger partial charge is 0.402 e. The average molecular weight is 457 g/mol. The first kappa shape index (κ1) is 20.5. The number of carbonyl (C=O) groups is 1. The van der Waals surface area contributed by atoms with Crippen molar-refractivity contribution in [2.24, 2.45) is 4.99 Å². The van der Waals surface area contributed by atoms with Crippen LogP contribution in [-0.2, 0) is 9.53 Å². The number of aliphatic imine (C=N–C) groups is 1. The van der Waals surface area contributed by atoms with Gasteiger partial charge in [0, 0.05) is 26.4 Å². The molecule has 0 N–H and O–H groups in total. The van der Waals surface area contributed by atoms with Gasteiger partial charge in [0.05, 0.1) is 5.52 Å². The van der Waals surface area contributed by atoms with Crippen LogP contribution in [0, 0.1) is 6.92 Å². The molecular weight excluding hydrogens is 440 g/mol. The molecule has 32 heavy (non-hydrogen) atoms. The number of hydrogen-bond donors (Lipinski definition) is 0. The number of halogens is 1. The molecule has 0 radical (unpaired) electrons. The van der Waals surface area contributed by atoms with Crippen LogP contribution >= 0.6 is 23.4 Å². The highest BCUT2D eigenvalue weighted by Crippen LogP contribution is 2.33. The van der Waals surface area contributed by atoms with Crippen LogP contribution in [0.5, 0.6) is 0 Å². The third kappa shape index (κ3) is 4.31. The summed E-state index contributed by atoms with van der Waals surface area (Å²) in [6.07, 6.45) is 1.74. The number of esters is 1. The monoisotopic (exact) mass is 456 g/mol. The van der Waals surface area contributed by atoms with Crippen LogP contribution in [0.1, 0.15) is 16.7 Å². The molecule has 0 bridgehead atoms. The molecule has 0 spiro atoms. The van der Waals surface area contributed by atoms with E-state index in [9.17, 15) is 4.79 Å². The van der Waals surface area contributed by atoms with E-state index in [0.29, 0.717) is 10.9 Å². The van der Waals surface area contributed by atoms with Gasteiger partial charge in [-0.1, -0.05) is 59.3 Å². The van der Waals surface area contributed by atoms with E-state index in [0.717, 1.165) is 37.5 Å². The summed E-state index contributed by atoms with van der Waals surface area (Å²) in [6, 6.07) is 25.2. The number of aromatic nitrogens is 1. The van der Waals surface area contributed by atoms with E-state index >= 15 is 0 Å². The van der Waals surface area contributed by atoms with Crippen LogP contribution in [-0.4, -0.2) is 16.9 Å². The van der Waals surface area contributed by atoms with E-state index < -0.39 is 5.97 Å². The fraction of sp³-hybridized carbons (Fsp3) is 0.0385. The van der Waals surface area contributed by atoms with Crippen molar-refractivity contribution in [2.75, 3.05) is 0 Å².